The summed E-state index contributed by atoms with van der Waals surface area (Å²) in [7, 11) is 0. The molecule has 0 aliphatic carbocycles. The van der Waals surface area contributed by atoms with Crippen LogP contribution in [0.4, 0.5) is 0 Å². The van der Waals surface area contributed by atoms with Crippen molar-refractivity contribution in [2.24, 2.45) is 5.73 Å². The van der Waals surface area contributed by atoms with Gasteiger partial charge in [-0.05, 0) is 30.5 Å². The van der Waals surface area contributed by atoms with Crippen LogP contribution in [-0.2, 0) is 4.79 Å². The van der Waals surface area contributed by atoms with Crippen LogP contribution in [0.25, 0.3) is 0 Å². The number of carbonyl (C=O) groups is 1. The Morgan fingerprint density at radius 2 is 1.84 bits per heavy atom. The predicted octanol–water partition coefficient (Wildman–Crippen LogP) is 2.73. The van der Waals surface area contributed by atoms with Crippen LogP contribution >= 0.6 is 11.6 Å². The molecule has 3 nitrogen and oxygen atoms in total. The van der Waals surface area contributed by atoms with Gasteiger partial charge in [-0.15, -0.1) is 0 Å². The van der Waals surface area contributed by atoms with Crippen LogP contribution in [0, 0.1) is 0 Å². The van der Waals surface area contributed by atoms with Gasteiger partial charge in [-0.3, -0.25) is 4.79 Å². The second kappa shape index (κ2) is 8.31. The molecule has 3 N–H and O–H groups in total. The lowest BCUT2D eigenvalue weighted by atomic mass is 9.94. The second-order valence-corrected chi connectivity index (χ2v) is 5.13. The summed E-state index contributed by atoms with van der Waals surface area (Å²) < 4.78 is 0. The summed E-state index contributed by atoms with van der Waals surface area (Å²) in [5.41, 5.74) is 6.48. The van der Waals surface area contributed by atoms with Crippen molar-refractivity contribution >= 4 is 17.4 Å². The maximum absolute atomic E-state index is 12.0. The first-order chi connectivity index (χ1) is 9.12. The normalized spacial score (nSPS) is 12.7. The van der Waals surface area contributed by atoms with Crippen LogP contribution in [0.5, 0.6) is 0 Å². The number of hydrogen-bond donors (Lipinski definition) is 2. The molecule has 0 radical (unpaired) electrons. The summed E-state index contributed by atoms with van der Waals surface area (Å²) in [5, 5.41) is 4.11. The number of benzene rings is 1. The SMILES string of the molecule is CCC(CC)NCC(C(=O)CN)c1ccc(Cl)cc1. The molecule has 0 aliphatic rings. The van der Waals surface area contributed by atoms with Crippen molar-refractivity contribution < 1.29 is 4.79 Å². The molecule has 0 fully saturated rings. The zero-order chi connectivity index (χ0) is 14.3. The standard InChI is InChI=1S/C15H23ClN2O/c1-3-13(4-2)18-10-14(15(19)9-17)11-5-7-12(16)8-6-11/h5-8,13-14,18H,3-4,9-10,17H2,1-2H3. The molecule has 0 aromatic heterocycles. The Hall–Kier alpha value is -0.900. The van der Waals surface area contributed by atoms with Gasteiger partial charge in [0, 0.05) is 17.6 Å². The molecule has 1 rings (SSSR count). The number of ketones is 1. The van der Waals surface area contributed by atoms with Gasteiger partial charge in [0.15, 0.2) is 5.78 Å². The van der Waals surface area contributed by atoms with Gasteiger partial charge in [-0.1, -0.05) is 37.6 Å². The highest BCUT2D eigenvalue weighted by Crippen LogP contribution is 2.19. The number of rotatable bonds is 8. The van der Waals surface area contributed by atoms with Crippen LogP contribution in [-0.4, -0.2) is 24.9 Å². The Labute approximate surface area is 120 Å². The molecular weight excluding hydrogens is 260 g/mol. The van der Waals surface area contributed by atoms with Crippen molar-refractivity contribution in [1.29, 1.82) is 0 Å². The molecule has 0 aliphatic heterocycles. The third kappa shape index (κ3) is 4.94. The highest BCUT2D eigenvalue weighted by molar-refractivity contribution is 6.30. The van der Waals surface area contributed by atoms with Crippen molar-refractivity contribution in [2.45, 2.75) is 38.6 Å². The highest BCUT2D eigenvalue weighted by atomic mass is 35.5. The number of halogens is 1. The Morgan fingerprint density at radius 1 is 1.26 bits per heavy atom. The van der Waals surface area contributed by atoms with Crippen LogP contribution in [0.1, 0.15) is 38.2 Å². The fraction of sp³-hybridized carbons (Fsp3) is 0.533. The number of carbonyl (C=O) groups excluding carboxylic acids is 1. The molecule has 0 heterocycles. The highest BCUT2D eigenvalue weighted by Gasteiger charge is 2.20. The van der Waals surface area contributed by atoms with Gasteiger partial charge < -0.3 is 11.1 Å². The monoisotopic (exact) mass is 282 g/mol. The van der Waals surface area contributed by atoms with Gasteiger partial charge in [0.2, 0.25) is 0 Å². The van der Waals surface area contributed by atoms with Gasteiger partial charge >= 0.3 is 0 Å². The Morgan fingerprint density at radius 3 is 2.32 bits per heavy atom. The average Bonchev–Trinajstić information content (AvgIpc) is 2.44. The fourth-order valence-electron chi connectivity index (χ4n) is 2.12. The van der Waals surface area contributed by atoms with E-state index in [0.29, 0.717) is 17.6 Å². The number of Topliss-reactive ketones (excluding diaryl/α,β-unsaturated/α-hetero) is 1. The zero-order valence-corrected chi connectivity index (χ0v) is 12.4. The smallest absolute Gasteiger partial charge is 0.155 e. The van der Waals surface area contributed by atoms with Crippen molar-refractivity contribution in [1.82, 2.24) is 5.32 Å². The summed E-state index contributed by atoms with van der Waals surface area (Å²) >= 11 is 5.88. The van der Waals surface area contributed by atoms with Crippen LogP contribution < -0.4 is 11.1 Å². The topological polar surface area (TPSA) is 55.1 Å². The van der Waals surface area contributed by atoms with E-state index in [1.165, 1.54) is 0 Å². The third-order valence-electron chi connectivity index (χ3n) is 3.46. The third-order valence-corrected chi connectivity index (χ3v) is 3.71. The van der Waals surface area contributed by atoms with Crippen molar-refractivity contribution in [3.63, 3.8) is 0 Å². The molecule has 0 bridgehead atoms. The molecule has 0 amide bonds. The molecule has 0 spiro atoms. The van der Waals surface area contributed by atoms with Gasteiger partial charge in [0.1, 0.15) is 0 Å². The maximum Gasteiger partial charge on any atom is 0.155 e. The van der Waals surface area contributed by atoms with E-state index in [1.54, 1.807) is 0 Å². The quantitative estimate of drug-likeness (QED) is 0.771. The Kier molecular flexibility index (Phi) is 7.06. The molecule has 19 heavy (non-hydrogen) atoms. The Balaban J connectivity index is 2.77. The number of nitrogens with one attached hydrogen (secondary N) is 1. The maximum atomic E-state index is 12.0. The lowest BCUT2D eigenvalue weighted by Gasteiger charge is -2.21. The van der Waals surface area contributed by atoms with Crippen molar-refractivity contribution in [3.8, 4) is 0 Å². The molecular formula is C15H23ClN2O. The molecule has 1 atom stereocenters. The van der Waals surface area contributed by atoms with E-state index in [-0.39, 0.29) is 18.2 Å². The first-order valence-corrected chi connectivity index (χ1v) is 7.21. The van der Waals surface area contributed by atoms with Crippen LogP contribution in [0.3, 0.4) is 0 Å². The summed E-state index contributed by atoms with van der Waals surface area (Å²) in [6.45, 7) is 4.98. The molecule has 1 unspecified atom stereocenters. The van der Waals surface area contributed by atoms with E-state index in [9.17, 15) is 4.79 Å². The second-order valence-electron chi connectivity index (χ2n) is 4.70. The number of hydrogen-bond acceptors (Lipinski definition) is 3. The molecule has 0 saturated heterocycles. The van der Waals surface area contributed by atoms with Gasteiger partial charge in [-0.2, -0.15) is 0 Å². The molecule has 1 aromatic rings. The minimum atomic E-state index is -0.192. The lowest BCUT2D eigenvalue weighted by molar-refractivity contribution is -0.119. The number of nitrogens with two attached hydrogens (primary N) is 1. The van der Waals surface area contributed by atoms with E-state index >= 15 is 0 Å². The largest absolute Gasteiger partial charge is 0.324 e. The first kappa shape index (κ1) is 16.2. The van der Waals surface area contributed by atoms with Crippen LogP contribution in [0.15, 0.2) is 24.3 Å². The van der Waals surface area contributed by atoms with Gasteiger partial charge in [0.25, 0.3) is 0 Å². The van der Waals surface area contributed by atoms with E-state index in [1.807, 2.05) is 24.3 Å². The van der Waals surface area contributed by atoms with Gasteiger partial charge in [0.05, 0.1) is 12.5 Å². The average molecular weight is 283 g/mol. The Bertz CT molecular complexity index is 388. The lowest BCUT2D eigenvalue weighted by Crippen LogP contribution is -2.36. The van der Waals surface area contributed by atoms with E-state index < -0.39 is 0 Å². The molecule has 4 heteroatoms. The minimum absolute atomic E-state index is 0.0563. The fourth-order valence-corrected chi connectivity index (χ4v) is 2.24. The van der Waals surface area contributed by atoms with E-state index in [4.69, 9.17) is 17.3 Å². The van der Waals surface area contributed by atoms with Crippen molar-refractivity contribution in [2.75, 3.05) is 13.1 Å². The minimum Gasteiger partial charge on any atom is -0.324 e. The molecule has 106 valence electrons. The molecule has 1 aromatic carbocycles. The first-order valence-electron chi connectivity index (χ1n) is 6.83. The van der Waals surface area contributed by atoms with Crippen molar-refractivity contribution in [3.05, 3.63) is 34.9 Å². The van der Waals surface area contributed by atoms with Crippen LogP contribution in [0.2, 0.25) is 5.02 Å². The summed E-state index contributed by atoms with van der Waals surface area (Å²) in [5.74, 6) is -0.136. The summed E-state index contributed by atoms with van der Waals surface area (Å²) in [4.78, 5) is 12.0. The van der Waals surface area contributed by atoms with E-state index in [0.717, 1.165) is 18.4 Å². The van der Waals surface area contributed by atoms with E-state index in [2.05, 4.69) is 19.2 Å². The summed E-state index contributed by atoms with van der Waals surface area (Å²) in [6.07, 6.45) is 2.11. The van der Waals surface area contributed by atoms with Gasteiger partial charge in [-0.25, -0.2) is 0 Å². The predicted molar refractivity (Wildman–Crippen MR) is 80.6 cm³/mol. The zero-order valence-electron chi connectivity index (χ0n) is 11.7. The molecule has 0 saturated carbocycles. The summed E-state index contributed by atoms with van der Waals surface area (Å²) in [6, 6.07) is 7.86.